The molecule has 1 rings (SSSR count). The maximum absolute atomic E-state index is 13.3. The summed E-state index contributed by atoms with van der Waals surface area (Å²) in [6.07, 6.45) is 0. The van der Waals surface area contributed by atoms with Crippen LogP contribution < -0.4 is 4.74 Å². The maximum Gasteiger partial charge on any atom is 0.188 e. The lowest BCUT2D eigenvalue weighted by molar-refractivity contribution is 0.0483. The molecule has 1 aromatic carbocycles. The highest BCUT2D eigenvalue weighted by Gasteiger charge is 2.10. The van der Waals surface area contributed by atoms with Gasteiger partial charge >= 0.3 is 0 Å². The van der Waals surface area contributed by atoms with Crippen molar-refractivity contribution in [3.05, 3.63) is 28.5 Å². The van der Waals surface area contributed by atoms with Crippen LogP contribution in [0.2, 0.25) is 5.02 Å². The summed E-state index contributed by atoms with van der Waals surface area (Å²) < 4.78 is 22.9. The summed E-state index contributed by atoms with van der Waals surface area (Å²) in [5.41, 5.74) is 0.496. The lowest BCUT2D eigenvalue weighted by atomic mass is 10.2. The van der Waals surface area contributed by atoms with Crippen molar-refractivity contribution in [3.8, 4) is 5.75 Å². The van der Waals surface area contributed by atoms with E-state index in [9.17, 15) is 4.39 Å². The summed E-state index contributed by atoms with van der Waals surface area (Å²) in [4.78, 5) is 0. The third-order valence-electron chi connectivity index (χ3n) is 1.56. The normalized spacial score (nSPS) is 10.2. The monoisotopic (exact) mass is 204 g/mol. The molecule has 0 aliphatic rings. The molecule has 0 aromatic heterocycles. The zero-order valence-corrected chi connectivity index (χ0v) is 8.19. The van der Waals surface area contributed by atoms with Gasteiger partial charge < -0.3 is 9.47 Å². The van der Waals surface area contributed by atoms with E-state index in [0.717, 1.165) is 0 Å². The Morgan fingerprint density at radius 2 is 2.15 bits per heavy atom. The number of hydrogen-bond donors (Lipinski definition) is 0. The smallest absolute Gasteiger partial charge is 0.188 e. The van der Waals surface area contributed by atoms with Crippen molar-refractivity contribution in [2.45, 2.75) is 6.92 Å². The molecule has 1 aromatic rings. The molecule has 2 nitrogen and oxygen atoms in total. The molecule has 0 heterocycles. The fourth-order valence-corrected chi connectivity index (χ4v) is 1.08. The van der Waals surface area contributed by atoms with Crippen LogP contribution in [0, 0.1) is 12.7 Å². The number of aryl methyl sites for hydroxylation is 1. The molecule has 0 spiro atoms. The largest absolute Gasteiger partial charge is 0.463 e. The van der Waals surface area contributed by atoms with Gasteiger partial charge in [-0.05, 0) is 18.6 Å². The molecule has 0 amide bonds. The third-order valence-corrected chi connectivity index (χ3v) is 1.86. The van der Waals surface area contributed by atoms with Gasteiger partial charge in [0.2, 0.25) is 0 Å². The lowest BCUT2D eigenvalue weighted by Gasteiger charge is -2.08. The fraction of sp³-hybridized carbons (Fsp3) is 0.333. The van der Waals surface area contributed by atoms with Gasteiger partial charge in [-0.25, -0.2) is 4.39 Å². The van der Waals surface area contributed by atoms with Crippen LogP contribution >= 0.6 is 11.6 Å². The Morgan fingerprint density at radius 1 is 1.46 bits per heavy atom. The Morgan fingerprint density at radius 3 is 2.77 bits per heavy atom. The molecule has 0 atom stereocenters. The predicted molar refractivity (Wildman–Crippen MR) is 48.7 cm³/mol. The van der Waals surface area contributed by atoms with Crippen molar-refractivity contribution < 1.29 is 13.9 Å². The van der Waals surface area contributed by atoms with Gasteiger partial charge in [-0.2, -0.15) is 0 Å². The quantitative estimate of drug-likeness (QED) is 0.705. The van der Waals surface area contributed by atoms with Crippen LogP contribution in [0.4, 0.5) is 4.39 Å². The van der Waals surface area contributed by atoms with Crippen LogP contribution in [-0.4, -0.2) is 13.9 Å². The number of halogens is 2. The zero-order valence-electron chi connectivity index (χ0n) is 7.43. The summed E-state index contributed by atoms with van der Waals surface area (Å²) >= 11 is 5.72. The Kier molecular flexibility index (Phi) is 3.51. The van der Waals surface area contributed by atoms with E-state index in [0.29, 0.717) is 5.56 Å². The predicted octanol–water partition coefficient (Wildman–Crippen LogP) is 2.77. The maximum atomic E-state index is 13.3. The highest BCUT2D eigenvalue weighted by atomic mass is 35.5. The van der Waals surface area contributed by atoms with Crippen molar-refractivity contribution >= 4 is 11.6 Å². The Balaban J connectivity index is 2.96. The zero-order chi connectivity index (χ0) is 9.84. The average molecular weight is 205 g/mol. The number of methoxy groups -OCH3 is 1. The van der Waals surface area contributed by atoms with Crippen molar-refractivity contribution in [2.24, 2.45) is 0 Å². The van der Waals surface area contributed by atoms with Crippen molar-refractivity contribution in [1.82, 2.24) is 0 Å². The summed E-state index contributed by atoms with van der Waals surface area (Å²) in [5, 5.41) is 0.250. The second-order valence-corrected chi connectivity index (χ2v) is 2.97. The minimum absolute atomic E-state index is 0.0138. The number of ether oxygens (including phenoxy) is 2. The standard InChI is InChI=1S/C9H10ClFO2/c1-6-3-4-7(10)9(8(6)11)13-5-12-2/h3-4H,5H2,1-2H3. The van der Waals surface area contributed by atoms with Gasteiger partial charge in [-0.15, -0.1) is 0 Å². The van der Waals surface area contributed by atoms with Crippen molar-refractivity contribution in [2.75, 3.05) is 13.9 Å². The van der Waals surface area contributed by atoms with Crippen LogP contribution in [0.1, 0.15) is 5.56 Å². The van der Waals surface area contributed by atoms with E-state index < -0.39 is 5.82 Å². The molecule has 0 saturated heterocycles. The molecular weight excluding hydrogens is 195 g/mol. The molecule has 0 fully saturated rings. The molecule has 0 unspecified atom stereocenters. The van der Waals surface area contributed by atoms with Crippen molar-refractivity contribution in [3.63, 3.8) is 0 Å². The Hall–Kier alpha value is -0.800. The van der Waals surface area contributed by atoms with E-state index in [1.54, 1.807) is 19.1 Å². The second kappa shape index (κ2) is 4.44. The summed E-state index contributed by atoms with van der Waals surface area (Å²) in [7, 11) is 1.46. The molecular formula is C9H10ClFO2. The lowest BCUT2D eigenvalue weighted by Crippen LogP contribution is -2.02. The molecule has 0 radical (unpaired) electrons. The van der Waals surface area contributed by atoms with Gasteiger partial charge in [0.1, 0.15) is 0 Å². The average Bonchev–Trinajstić information content (AvgIpc) is 2.12. The van der Waals surface area contributed by atoms with Gasteiger partial charge in [-0.1, -0.05) is 17.7 Å². The third kappa shape index (κ3) is 2.32. The summed E-state index contributed by atoms with van der Waals surface area (Å²) in [6.45, 7) is 1.63. The first-order valence-electron chi connectivity index (χ1n) is 3.73. The number of benzene rings is 1. The van der Waals surface area contributed by atoms with E-state index in [4.69, 9.17) is 16.3 Å². The second-order valence-electron chi connectivity index (χ2n) is 2.56. The van der Waals surface area contributed by atoms with E-state index in [1.165, 1.54) is 7.11 Å². The van der Waals surface area contributed by atoms with E-state index >= 15 is 0 Å². The highest BCUT2D eigenvalue weighted by molar-refractivity contribution is 6.32. The van der Waals surface area contributed by atoms with Crippen molar-refractivity contribution in [1.29, 1.82) is 0 Å². The molecule has 0 aliphatic heterocycles. The van der Waals surface area contributed by atoms with Gasteiger partial charge in [0.05, 0.1) is 5.02 Å². The van der Waals surface area contributed by atoms with Gasteiger partial charge in [0, 0.05) is 7.11 Å². The van der Waals surface area contributed by atoms with Crippen LogP contribution in [0.25, 0.3) is 0 Å². The number of hydrogen-bond acceptors (Lipinski definition) is 2. The molecule has 0 N–H and O–H groups in total. The van der Waals surface area contributed by atoms with E-state index in [-0.39, 0.29) is 17.6 Å². The van der Waals surface area contributed by atoms with Gasteiger partial charge in [-0.3, -0.25) is 0 Å². The first-order chi connectivity index (χ1) is 6.16. The minimum Gasteiger partial charge on any atom is -0.463 e. The van der Waals surface area contributed by atoms with Gasteiger partial charge in [0.15, 0.2) is 18.4 Å². The fourth-order valence-electron chi connectivity index (χ4n) is 0.881. The molecule has 4 heteroatoms. The van der Waals surface area contributed by atoms with Gasteiger partial charge in [0.25, 0.3) is 0 Å². The Bertz CT molecular complexity index is 302. The molecule has 0 bridgehead atoms. The highest BCUT2D eigenvalue weighted by Crippen LogP contribution is 2.29. The minimum atomic E-state index is -0.440. The topological polar surface area (TPSA) is 18.5 Å². The van der Waals surface area contributed by atoms with E-state index in [1.807, 2.05) is 0 Å². The van der Waals surface area contributed by atoms with Crippen LogP contribution in [0.15, 0.2) is 12.1 Å². The first-order valence-corrected chi connectivity index (χ1v) is 4.11. The van der Waals surface area contributed by atoms with Crippen LogP contribution in [-0.2, 0) is 4.74 Å². The Labute approximate surface area is 81.2 Å². The molecule has 13 heavy (non-hydrogen) atoms. The summed E-state index contributed by atoms with van der Waals surface area (Å²) in [5.74, 6) is -0.395. The first kappa shape index (κ1) is 10.3. The molecule has 72 valence electrons. The van der Waals surface area contributed by atoms with E-state index in [2.05, 4.69) is 4.74 Å². The summed E-state index contributed by atoms with van der Waals surface area (Å²) in [6, 6.07) is 3.18. The van der Waals surface area contributed by atoms with Crippen LogP contribution in [0.5, 0.6) is 5.75 Å². The molecule has 0 saturated carbocycles. The number of rotatable bonds is 3. The molecule has 0 aliphatic carbocycles. The van der Waals surface area contributed by atoms with Crippen LogP contribution in [0.3, 0.4) is 0 Å². The SMILES string of the molecule is COCOc1c(Cl)ccc(C)c1F.